The molecule has 0 unspecified atom stereocenters. The molecule has 0 spiro atoms. The van der Waals surface area contributed by atoms with E-state index in [0.717, 1.165) is 30.1 Å². The monoisotopic (exact) mass is 405 g/mol. The van der Waals surface area contributed by atoms with Gasteiger partial charge in [-0.3, -0.25) is 14.6 Å². The fourth-order valence-corrected chi connectivity index (χ4v) is 4.56. The average Bonchev–Trinajstić information content (AvgIpc) is 3.27. The molecule has 2 aliphatic rings. The molecule has 2 heterocycles. The van der Waals surface area contributed by atoms with Crippen molar-refractivity contribution in [3.63, 3.8) is 0 Å². The Bertz CT molecular complexity index is 818. The fourth-order valence-electron chi connectivity index (χ4n) is 4.56. The van der Waals surface area contributed by atoms with E-state index in [1.165, 1.54) is 63.0 Å². The summed E-state index contributed by atoms with van der Waals surface area (Å²) in [6.07, 6.45) is 5.21. The van der Waals surface area contributed by atoms with Gasteiger partial charge in [0.05, 0.1) is 0 Å². The maximum atomic E-state index is 12.6. The molecular formula is C26H35N3O. The standard InChI is InChI=1S/C26H35N3O/c1-21-11-15-29(16-12-21)19-22-7-9-25(10-8-22)26(30)27-18-23-5-4-6-24(17-23)20-28-13-2-3-14-28/h4-10,17,21H,2-3,11-16,18-20H2,1H3,(H,27,30). The zero-order valence-electron chi connectivity index (χ0n) is 18.3. The van der Waals surface area contributed by atoms with E-state index in [4.69, 9.17) is 0 Å². The number of nitrogens with zero attached hydrogens (tertiary/aromatic N) is 2. The SMILES string of the molecule is CC1CCN(Cc2ccc(C(=O)NCc3cccc(CN4CCCC4)c3)cc2)CC1. The van der Waals surface area contributed by atoms with Crippen LogP contribution in [0.4, 0.5) is 0 Å². The third-order valence-corrected chi connectivity index (χ3v) is 6.55. The third kappa shape index (κ3) is 5.93. The summed E-state index contributed by atoms with van der Waals surface area (Å²) >= 11 is 0. The molecule has 0 radical (unpaired) electrons. The van der Waals surface area contributed by atoms with Gasteiger partial charge in [-0.1, -0.05) is 43.3 Å². The Balaban J connectivity index is 1.26. The van der Waals surface area contributed by atoms with E-state index in [2.05, 4.69) is 58.4 Å². The number of piperidine rings is 1. The molecule has 0 aromatic heterocycles. The van der Waals surface area contributed by atoms with Crippen LogP contribution in [-0.4, -0.2) is 41.9 Å². The molecular weight excluding hydrogens is 370 g/mol. The van der Waals surface area contributed by atoms with Crippen molar-refractivity contribution in [3.8, 4) is 0 Å². The Morgan fingerprint density at radius 3 is 2.23 bits per heavy atom. The van der Waals surface area contributed by atoms with Gasteiger partial charge in [-0.2, -0.15) is 0 Å². The molecule has 30 heavy (non-hydrogen) atoms. The lowest BCUT2D eigenvalue weighted by Crippen LogP contribution is -2.32. The predicted molar refractivity (Wildman–Crippen MR) is 122 cm³/mol. The molecule has 1 N–H and O–H groups in total. The Kier molecular flexibility index (Phi) is 7.19. The highest BCUT2D eigenvalue weighted by Crippen LogP contribution is 2.18. The lowest BCUT2D eigenvalue weighted by Gasteiger charge is -2.30. The second kappa shape index (κ2) is 10.2. The Labute approximate surface area is 181 Å². The van der Waals surface area contributed by atoms with Crippen molar-refractivity contribution in [1.29, 1.82) is 0 Å². The summed E-state index contributed by atoms with van der Waals surface area (Å²) in [6.45, 7) is 9.68. The minimum Gasteiger partial charge on any atom is -0.348 e. The number of nitrogens with one attached hydrogen (secondary N) is 1. The number of likely N-dealkylation sites (tertiary alicyclic amines) is 2. The minimum absolute atomic E-state index is 0.00158. The van der Waals surface area contributed by atoms with E-state index in [1.807, 2.05) is 12.1 Å². The van der Waals surface area contributed by atoms with Gasteiger partial charge in [-0.15, -0.1) is 0 Å². The summed E-state index contributed by atoms with van der Waals surface area (Å²) in [7, 11) is 0. The number of hydrogen-bond acceptors (Lipinski definition) is 3. The Hall–Kier alpha value is -2.17. The number of rotatable bonds is 7. The van der Waals surface area contributed by atoms with Crippen molar-refractivity contribution >= 4 is 5.91 Å². The van der Waals surface area contributed by atoms with Crippen LogP contribution in [0.1, 0.15) is 59.7 Å². The number of carbonyl (C=O) groups is 1. The predicted octanol–water partition coefficient (Wildman–Crippen LogP) is 4.44. The summed E-state index contributed by atoms with van der Waals surface area (Å²) in [6, 6.07) is 16.7. The first-order valence-corrected chi connectivity index (χ1v) is 11.6. The van der Waals surface area contributed by atoms with Crippen molar-refractivity contribution in [3.05, 3.63) is 70.8 Å². The molecule has 2 saturated heterocycles. The third-order valence-electron chi connectivity index (χ3n) is 6.55. The van der Waals surface area contributed by atoms with E-state index >= 15 is 0 Å². The normalized spacial score (nSPS) is 18.6. The fraction of sp³-hybridized carbons (Fsp3) is 0.500. The van der Waals surface area contributed by atoms with Gasteiger partial charge in [0, 0.05) is 25.2 Å². The smallest absolute Gasteiger partial charge is 0.251 e. The van der Waals surface area contributed by atoms with Crippen LogP contribution in [0.25, 0.3) is 0 Å². The van der Waals surface area contributed by atoms with Crippen LogP contribution < -0.4 is 5.32 Å². The van der Waals surface area contributed by atoms with Crippen LogP contribution in [0.15, 0.2) is 48.5 Å². The zero-order chi connectivity index (χ0) is 20.8. The van der Waals surface area contributed by atoms with Crippen LogP contribution in [0, 0.1) is 5.92 Å². The van der Waals surface area contributed by atoms with Gasteiger partial charge in [0.15, 0.2) is 0 Å². The molecule has 2 aromatic rings. The van der Waals surface area contributed by atoms with Crippen LogP contribution in [0.3, 0.4) is 0 Å². The molecule has 0 aliphatic carbocycles. The summed E-state index contributed by atoms with van der Waals surface area (Å²) in [4.78, 5) is 17.6. The Morgan fingerprint density at radius 1 is 0.867 bits per heavy atom. The zero-order valence-corrected chi connectivity index (χ0v) is 18.3. The first kappa shape index (κ1) is 21.1. The second-order valence-electron chi connectivity index (χ2n) is 9.14. The van der Waals surface area contributed by atoms with Gasteiger partial charge in [0.1, 0.15) is 0 Å². The van der Waals surface area contributed by atoms with Crippen molar-refractivity contribution < 1.29 is 4.79 Å². The van der Waals surface area contributed by atoms with E-state index < -0.39 is 0 Å². The molecule has 160 valence electrons. The van der Waals surface area contributed by atoms with Crippen molar-refractivity contribution in [2.45, 2.75) is 52.2 Å². The molecule has 4 nitrogen and oxygen atoms in total. The van der Waals surface area contributed by atoms with E-state index in [1.54, 1.807) is 0 Å². The summed E-state index contributed by atoms with van der Waals surface area (Å²) in [5.41, 5.74) is 4.52. The molecule has 2 aliphatic heterocycles. The van der Waals surface area contributed by atoms with Crippen LogP contribution in [0.2, 0.25) is 0 Å². The molecule has 2 aromatic carbocycles. The van der Waals surface area contributed by atoms with E-state index in [0.29, 0.717) is 6.54 Å². The quantitative estimate of drug-likeness (QED) is 0.739. The van der Waals surface area contributed by atoms with Crippen LogP contribution >= 0.6 is 0 Å². The highest BCUT2D eigenvalue weighted by molar-refractivity contribution is 5.94. The maximum absolute atomic E-state index is 12.6. The molecule has 4 heteroatoms. The Morgan fingerprint density at radius 2 is 1.50 bits per heavy atom. The van der Waals surface area contributed by atoms with Crippen molar-refractivity contribution in [1.82, 2.24) is 15.1 Å². The van der Waals surface area contributed by atoms with Gasteiger partial charge >= 0.3 is 0 Å². The van der Waals surface area contributed by atoms with Gasteiger partial charge < -0.3 is 5.32 Å². The van der Waals surface area contributed by atoms with E-state index in [9.17, 15) is 4.79 Å². The first-order chi connectivity index (χ1) is 14.7. The number of carbonyl (C=O) groups excluding carboxylic acids is 1. The molecule has 1 amide bonds. The summed E-state index contributed by atoms with van der Waals surface area (Å²) in [5, 5.41) is 3.08. The van der Waals surface area contributed by atoms with Gasteiger partial charge in [0.2, 0.25) is 0 Å². The van der Waals surface area contributed by atoms with E-state index in [-0.39, 0.29) is 5.91 Å². The van der Waals surface area contributed by atoms with Crippen LogP contribution in [-0.2, 0) is 19.6 Å². The van der Waals surface area contributed by atoms with Crippen LogP contribution in [0.5, 0.6) is 0 Å². The van der Waals surface area contributed by atoms with Gasteiger partial charge in [0.25, 0.3) is 5.91 Å². The highest BCUT2D eigenvalue weighted by Gasteiger charge is 2.16. The summed E-state index contributed by atoms with van der Waals surface area (Å²) < 4.78 is 0. The number of benzene rings is 2. The van der Waals surface area contributed by atoms with Gasteiger partial charge in [-0.25, -0.2) is 0 Å². The topological polar surface area (TPSA) is 35.6 Å². The highest BCUT2D eigenvalue weighted by atomic mass is 16.1. The van der Waals surface area contributed by atoms with Crippen molar-refractivity contribution in [2.75, 3.05) is 26.2 Å². The van der Waals surface area contributed by atoms with Crippen molar-refractivity contribution in [2.24, 2.45) is 5.92 Å². The molecule has 0 saturated carbocycles. The molecule has 0 atom stereocenters. The number of hydrogen-bond donors (Lipinski definition) is 1. The second-order valence-corrected chi connectivity index (χ2v) is 9.14. The maximum Gasteiger partial charge on any atom is 0.251 e. The average molecular weight is 406 g/mol. The molecule has 2 fully saturated rings. The lowest BCUT2D eigenvalue weighted by molar-refractivity contribution is 0.0951. The first-order valence-electron chi connectivity index (χ1n) is 11.6. The summed E-state index contributed by atoms with van der Waals surface area (Å²) in [5.74, 6) is 0.853. The lowest BCUT2D eigenvalue weighted by atomic mass is 9.99. The minimum atomic E-state index is -0.00158. The molecule has 0 bridgehead atoms. The van der Waals surface area contributed by atoms with Gasteiger partial charge in [-0.05, 0) is 86.6 Å². The number of amides is 1. The molecule has 4 rings (SSSR count). The largest absolute Gasteiger partial charge is 0.348 e.